The number of aliphatic hydroxyl groups is 1. The number of carboxylic acid groups (broad SMARTS) is 1. The number of carbonyl (C=O) groups is 2. The Hall–Kier alpha value is -2.90. The van der Waals surface area contributed by atoms with Crippen molar-refractivity contribution >= 4 is 23.6 Å². The molecule has 0 aromatic heterocycles. The maximum absolute atomic E-state index is 13.1. The number of fused-ring (bicyclic) bond motifs is 1. The third-order valence-electron chi connectivity index (χ3n) is 4.55. The summed E-state index contributed by atoms with van der Waals surface area (Å²) in [5.41, 5.74) is 2.45. The van der Waals surface area contributed by atoms with Gasteiger partial charge in [-0.25, -0.2) is 9.18 Å². The monoisotopic (exact) mass is 404 g/mol. The van der Waals surface area contributed by atoms with Crippen LogP contribution in [0.2, 0.25) is 5.02 Å². The van der Waals surface area contributed by atoms with Crippen molar-refractivity contribution < 1.29 is 24.2 Å². The molecule has 0 saturated carbocycles. The van der Waals surface area contributed by atoms with Gasteiger partial charge >= 0.3 is 6.09 Å². The van der Waals surface area contributed by atoms with Crippen LogP contribution in [0.5, 0.6) is 0 Å². The zero-order valence-electron chi connectivity index (χ0n) is 14.7. The zero-order chi connectivity index (χ0) is 20.3. The van der Waals surface area contributed by atoms with E-state index < -0.39 is 12.2 Å². The molecule has 146 valence electrons. The maximum Gasteiger partial charge on any atom is 0.404 e. The second-order valence-corrected chi connectivity index (χ2v) is 6.89. The maximum atomic E-state index is 13.1. The number of nitrogens with zero attached hydrogens (tertiary/aromatic N) is 1. The van der Waals surface area contributed by atoms with Crippen LogP contribution in [0.4, 0.5) is 9.18 Å². The van der Waals surface area contributed by atoms with E-state index in [2.05, 4.69) is 0 Å². The molecule has 1 aliphatic heterocycles. The van der Waals surface area contributed by atoms with Crippen molar-refractivity contribution in [2.45, 2.75) is 19.2 Å². The average molecular weight is 405 g/mol. The number of nitrogens with one attached hydrogen (secondary N) is 1. The van der Waals surface area contributed by atoms with Crippen LogP contribution in [0.3, 0.4) is 0 Å². The molecular formula is C20H18ClFN2O4. The molecule has 2 aromatic carbocycles. The zero-order valence-corrected chi connectivity index (χ0v) is 15.5. The van der Waals surface area contributed by atoms with Crippen molar-refractivity contribution in [1.82, 2.24) is 10.2 Å². The summed E-state index contributed by atoms with van der Waals surface area (Å²) in [6.07, 6.45) is -2.45. The highest BCUT2D eigenvalue weighted by Gasteiger charge is 2.28. The standard InChI is InChI=1S/C20H18ClFN2O4/c21-16-4-1-12(2-5-16)10-24-11-14-7-13(3-6-17(14)19(24)26)18(25)15(8-22)9-23-20(27)28/h1-8,18,23,25H,9-11H2,(H,27,28). The molecule has 0 fully saturated rings. The Morgan fingerprint density at radius 3 is 2.64 bits per heavy atom. The Morgan fingerprint density at radius 1 is 1.29 bits per heavy atom. The lowest BCUT2D eigenvalue weighted by atomic mass is 9.98. The van der Waals surface area contributed by atoms with E-state index in [0.717, 1.165) is 11.1 Å². The molecule has 1 heterocycles. The Morgan fingerprint density at radius 2 is 2.00 bits per heavy atom. The van der Waals surface area contributed by atoms with E-state index >= 15 is 0 Å². The van der Waals surface area contributed by atoms with Crippen LogP contribution in [-0.2, 0) is 13.1 Å². The van der Waals surface area contributed by atoms with Gasteiger partial charge in [0.15, 0.2) is 0 Å². The van der Waals surface area contributed by atoms with Crippen molar-refractivity contribution in [2.24, 2.45) is 0 Å². The predicted octanol–water partition coefficient (Wildman–Crippen LogP) is 3.65. The minimum absolute atomic E-state index is 0.121. The molecule has 0 radical (unpaired) electrons. The molecule has 1 atom stereocenters. The van der Waals surface area contributed by atoms with E-state index in [1.165, 1.54) is 6.07 Å². The van der Waals surface area contributed by atoms with Gasteiger partial charge in [0.1, 0.15) is 6.10 Å². The number of benzene rings is 2. The summed E-state index contributed by atoms with van der Waals surface area (Å²) in [5, 5.41) is 21.6. The first-order chi connectivity index (χ1) is 13.4. The fraction of sp³-hybridized carbons (Fsp3) is 0.200. The summed E-state index contributed by atoms with van der Waals surface area (Å²) in [6.45, 7) is 0.436. The number of hydrogen-bond acceptors (Lipinski definition) is 3. The van der Waals surface area contributed by atoms with Crippen LogP contribution in [0.1, 0.15) is 33.2 Å². The van der Waals surface area contributed by atoms with E-state index in [-0.39, 0.29) is 24.4 Å². The molecule has 0 saturated heterocycles. The predicted molar refractivity (Wildman–Crippen MR) is 102 cm³/mol. The first kappa shape index (κ1) is 19.9. The van der Waals surface area contributed by atoms with Crippen LogP contribution < -0.4 is 5.32 Å². The topological polar surface area (TPSA) is 89.9 Å². The van der Waals surface area contributed by atoms with Gasteiger partial charge < -0.3 is 20.4 Å². The van der Waals surface area contributed by atoms with E-state index in [1.54, 1.807) is 29.2 Å². The molecule has 0 bridgehead atoms. The third-order valence-corrected chi connectivity index (χ3v) is 4.80. The Bertz CT molecular complexity index is 930. The van der Waals surface area contributed by atoms with Crippen LogP contribution >= 0.6 is 11.6 Å². The molecule has 28 heavy (non-hydrogen) atoms. The first-order valence-electron chi connectivity index (χ1n) is 8.49. The quantitative estimate of drug-likeness (QED) is 0.685. The van der Waals surface area contributed by atoms with Crippen molar-refractivity contribution in [3.05, 3.63) is 81.6 Å². The van der Waals surface area contributed by atoms with Crippen molar-refractivity contribution in [3.63, 3.8) is 0 Å². The van der Waals surface area contributed by atoms with Crippen molar-refractivity contribution in [3.8, 4) is 0 Å². The summed E-state index contributed by atoms with van der Waals surface area (Å²) in [6, 6.07) is 12.0. The van der Waals surface area contributed by atoms with E-state index in [1.807, 2.05) is 17.4 Å². The molecule has 8 heteroatoms. The van der Waals surface area contributed by atoms with Gasteiger partial charge in [0.05, 0.1) is 6.33 Å². The fourth-order valence-electron chi connectivity index (χ4n) is 3.10. The van der Waals surface area contributed by atoms with Crippen LogP contribution in [0, 0.1) is 0 Å². The number of amides is 2. The molecule has 3 rings (SSSR count). The number of aliphatic hydroxyl groups excluding tert-OH is 1. The Kier molecular flexibility index (Phi) is 5.96. The number of hydrogen-bond donors (Lipinski definition) is 3. The van der Waals surface area contributed by atoms with Gasteiger partial charge in [-0.3, -0.25) is 4.79 Å². The van der Waals surface area contributed by atoms with E-state index in [9.17, 15) is 19.1 Å². The fourth-order valence-corrected chi connectivity index (χ4v) is 3.22. The van der Waals surface area contributed by atoms with Crippen LogP contribution in [-0.4, -0.2) is 33.7 Å². The molecular weight excluding hydrogens is 387 g/mol. The van der Waals surface area contributed by atoms with Gasteiger partial charge in [-0.05, 0) is 34.9 Å². The van der Waals surface area contributed by atoms with Gasteiger partial charge in [-0.1, -0.05) is 35.9 Å². The summed E-state index contributed by atoms with van der Waals surface area (Å²) in [4.78, 5) is 24.9. The second-order valence-electron chi connectivity index (χ2n) is 6.45. The van der Waals surface area contributed by atoms with Gasteiger partial charge in [0.2, 0.25) is 0 Å². The second kappa shape index (κ2) is 8.41. The molecule has 1 aliphatic rings. The highest BCUT2D eigenvalue weighted by atomic mass is 35.5. The van der Waals surface area contributed by atoms with Gasteiger partial charge in [-0.2, -0.15) is 0 Å². The average Bonchev–Trinajstić information content (AvgIpc) is 2.98. The highest BCUT2D eigenvalue weighted by Crippen LogP contribution is 2.29. The highest BCUT2D eigenvalue weighted by molar-refractivity contribution is 6.30. The van der Waals surface area contributed by atoms with Gasteiger partial charge in [0, 0.05) is 35.8 Å². The molecule has 6 nitrogen and oxygen atoms in total. The SMILES string of the molecule is O=C(O)NCC(=CF)C(O)c1ccc2c(c1)CN(Cc1ccc(Cl)cc1)C2=O. The normalized spacial score (nSPS) is 14.8. The number of halogens is 2. The van der Waals surface area contributed by atoms with Crippen molar-refractivity contribution in [1.29, 1.82) is 0 Å². The third kappa shape index (κ3) is 4.32. The van der Waals surface area contributed by atoms with E-state index in [0.29, 0.717) is 29.2 Å². The minimum Gasteiger partial charge on any atom is -0.465 e. The summed E-state index contributed by atoms with van der Waals surface area (Å²) >= 11 is 5.88. The molecule has 0 spiro atoms. The summed E-state index contributed by atoms with van der Waals surface area (Å²) in [5.74, 6) is -0.125. The smallest absolute Gasteiger partial charge is 0.404 e. The minimum atomic E-state index is -1.32. The molecule has 2 amide bonds. The Labute approximate surface area is 165 Å². The molecule has 1 unspecified atom stereocenters. The lowest BCUT2D eigenvalue weighted by Crippen LogP contribution is -2.25. The summed E-state index contributed by atoms with van der Waals surface area (Å²) < 4.78 is 13.1. The van der Waals surface area contributed by atoms with Crippen molar-refractivity contribution in [2.75, 3.05) is 6.54 Å². The lowest BCUT2D eigenvalue weighted by Gasteiger charge is -2.16. The molecule has 0 aliphatic carbocycles. The molecule has 2 aromatic rings. The number of rotatable bonds is 6. The first-order valence-corrected chi connectivity index (χ1v) is 8.87. The molecule has 3 N–H and O–H groups in total. The van der Waals surface area contributed by atoms with Crippen LogP contribution in [0.15, 0.2) is 54.4 Å². The van der Waals surface area contributed by atoms with Gasteiger partial charge in [-0.15, -0.1) is 0 Å². The lowest BCUT2D eigenvalue weighted by molar-refractivity contribution is 0.0766. The van der Waals surface area contributed by atoms with E-state index in [4.69, 9.17) is 16.7 Å². The Balaban J connectivity index is 1.75. The van der Waals surface area contributed by atoms with Gasteiger partial charge in [0.25, 0.3) is 5.91 Å². The number of carbonyl (C=O) groups excluding carboxylic acids is 1. The van der Waals surface area contributed by atoms with Crippen LogP contribution in [0.25, 0.3) is 0 Å². The largest absolute Gasteiger partial charge is 0.465 e. The summed E-state index contributed by atoms with van der Waals surface area (Å²) in [7, 11) is 0.